The van der Waals surface area contributed by atoms with Gasteiger partial charge in [-0.05, 0) is 24.0 Å². The first-order valence-corrected chi connectivity index (χ1v) is 5.87. The van der Waals surface area contributed by atoms with Crippen molar-refractivity contribution in [2.24, 2.45) is 11.8 Å². The van der Waals surface area contributed by atoms with Crippen LogP contribution in [-0.2, 0) is 11.2 Å². The van der Waals surface area contributed by atoms with E-state index >= 15 is 0 Å². The second-order valence-corrected chi connectivity index (χ2v) is 4.75. The number of rotatable bonds is 4. The molecule has 0 bridgehead atoms. The Hall–Kier alpha value is -1.77. The molecule has 0 amide bonds. The van der Waals surface area contributed by atoms with Crippen LogP contribution in [0.15, 0.2) is 30.5 Å². The van der Waals surface area contributed by atoms with Gasteiger partial charge in [0.25, 0.3) is 0 Å². The van der Waals surface area contributed by atoms with E-state index in [0.717, 1.165) is 16.5 Å². The molecule has 0 spiro atoms. The lowest BCUT2D eigenvalue weighted by atomic mass is 9.89. The Morgan fingerprint density at radius 1 is 1.35 bits per heavy atom. The van der Waals surface area contributed by atoms with E-state index in [0.29, 0.717) is 6.42 Å². The minimum Gasteiger partial charge on any atom is -0.481 e. The smallest absolute Gasteiger partial charge is 0.307 e. The Balaban J connectivity index is 2.31. The number of aromatic amines is 1. The third-order valence-corrected chi connectivity index (χ3v) is 3.24. The Labute approximate surface area is 100 Å². The normalized spacial score (nSPS) is 13.1. The van der Waals surface area contributed by atoms with Crippen LogP contribution in [0, 0.1) is 11.8 Å². The zero-order chi connectivity index (χ0) is 12.4. The first kappa shape index (κ1) is 11.7. The van der Waals surface area contributed by atoms with E-state index in [1.807, 2.05) is 44.3 Å². The molecule has 17 heavy (non-hydrogen) atoms. The van der Waals surface area contributed by atoms with Crippen LogP contribution in [-0.4, -0.2) is 16.1 Å². The average molecular weight is 231 g/mol. The molecule has 3 heteroatoms. The fraction of sp³-hybridized carbons (Fsp3) is 0.357. The maximum absolute atomic E-state index is 11.2. The maximum Gasteiger partial charge on any atom is 0.307 e. The number of aliphatic carboxylic acids is 1. The van der Waals surface area contributed by atoms with Gasteiger partial charge in [-0.1, -0.05) is 32.0 Å². The fourth-order valence-corrected chi connectivity index (χ4v) is 2.15. The van der Waals surface area contributed by atoms with Crippen molar-refractivity contribution in [2.45, 2.75) is 20.3 Å². The molecule has 2 N–H and O–H groups in total. The number of aromatic nitrogens is 1. The van der Waals surface area contributed by atoms with Crippen molar-refractivity contribution in [3.05, 3.63) is 36.0 Å². The van der Waals surface area contributed by atoms with Gasteiger partial charge in [0.2, 0.25) is 0 Å². The van der Waals surface area contributed by atoms with Crippen molar-refractivity contribution in [1.82, 2.24) is 4.98 Å². The Morgan fingerprint density at radius 3 is 2.71 bits per heavy atom. The fourth-order valence-electron chi connectivity index (χ4n) is 2.15. The SMILES string of the molecule is CC(C)C(Cc1c[nH]c2ccccc12)C(=O)O. The molecular formula is C14H17NO2. The minimum absolute atomic E-state index is 0.140. The highest BCUT2D eigenvalue weighted by Crippen LogP contribution is 2.24. The summed E-state index contributed by atoms with van der Waals surface area (Å²) in [4.78, 5) is 14.4. The molecule has 0 aliphatic heterocycles. The largest absolute Gasteiger partial charge is 0.481 e. The molecule has 0 aliphatic rings. The summed E-state index contributed by atoms with van der Waals surface area (Å²) in [5, 5.41) is 10.3. The summed E-state index contributed by atoms with van der Waals surface area (Å²) in [7, 11) is 0. The Morgan fingerprint density at radius 2 is 2.06 bits per heavy atom. The Bertz CT molecular complexity index is 528. The number of carbonyl (C=O) groups is 1. The molecule has 2 rings (SSSR count). The lowest BCUT2D eigenvalue weighted by Crippen LogP contribution is -2.21. The van der Waals surface area contributed by atoms with Crippen LogP contribution < -0.4 is 0 Å². The van der Waals surface area contributed by atoms with Crippen molar-refractivity contribution < 1.29 is 9.90 Å². The van der Waals surface area contributed by atoms with Gasteiger partial charge < -0.3 is 10.1 Å². The van der Waals surface area contributed by atoms with Gasteiger partial charge in [-0.15, -0.1) is 0 Å². The topological polar surface area (TPSA) is 53.1 Å². The number of nitrogens with one attached hydrogen (secondary N) is 1. The standard InChI is InChI=1S/C14H17NO2/c1-9(2)12(14(16)17)7-10-8-15-13-6-4-3-5-11(10)13/h3-6,8-9,12,15H,7H2,1-2H3,(H,16,17). The van der Waals surface area contributed by atoms with E-state index in [2.05, 4.69) is 4.98 Å². The summed E-state index contributed by atoms with van der Waals surface area (Å²) in [5.74, 6) is -0.902. The van der Waals surface area contributed by atoms with Gasteiger partial charge in [-0.25, -0.2) is 0 Å². The lowest BCUT2D eigenvalue weighted by Gasteiger charge is -2.15. The van der Waals surface area contributed by atoms with Crippen LogP contribution in [0.25, 0.3) is 10.9 Å². The van der Waals surface area contributed by atoms with E-state index in [-0.39, 0.29) is 11.8 Å². The third kappa shape index (κ3) is 2.33. The average Bonchev–Trinajstić information content (AvgIpc) is 2.68. The number of carboxylic acids is 1. The third-order valence-electron chi connectivity index (χ3n) is 3.24. The van der Waals surface area contributed by atoms with Crippen molar-refractivity contribution in [3.63, 3.8) is 0 Å². The molecule has 0 radical (unpaired) electrons. The number of H-pyrrole nitrogens is 1. The first-order chi connectivity index (χ1) is 8.09. The van der Waals surface area contributed by atoms with Crippen LogP contribution >= 0.6 is 0 Å². The molecule has 1 unspecified atom stereocenters. The Kier molecular flexibility index (Phi) is 3.18. The predicted molar refractivity (Wildman–Crippen MR) is 68.0 cm³/mol. The van der Waals surface area contributed by atoms with Crippen molar-refractivity contribution in [1.29, 1.82) is 0 Å². The molecule has 90 valence electrons. The zero-order valence-corrected chi connectivity index (χ0v) is 10.1. The zero-order valence-electron chi connectivity index (χ0n) is 10.1. The highest BCUT2D eigenvalue weighted by molar-refractivity contribution is 5.83. The summed E-state index contributed by atoms with van der Waals surface area (Å²) in [6, 6.07) is 7.98. The number of carboxylic acid groups (broad SMARTS) is 1. The summed E-state index contributed by atoms with van der Waals surface area (Å²) >= 11 is 0. The molecule has 1 heterocycles. The highest BCUT2D eigenvalue weighted by Gasteiger charge is 2.22. The van der Waals surface area contributed by atoms with Gasteiger partial charge >= 0.3 is 5.97 Å². The van der Waals surface area contributed by atoms with Crippen LogP contribution in [0.1, 0.15) is 19.4 Å². The number of fused-ring (bicyclic) bond motifs is 1. The van der Waals surface area contributed by atoms with E-state index in [1.54, 1.807) is 0 Å². The van der Waals surface area contributed by atoms with Gasteiger partial charge in [0.05, 0.1) is 5.92 Å². The quantitative estimate of drug-likeness (QED) is 0.849. The monoisotopic (exact) mass is 231 g/mol. The van der Waals surface area contributed by atoms with Gasteiger partial charge in [-0.3, -0.25) is 4.79 Å². The van der Waals surface area contributed by atoms with E-state index in [9.17, 15) is 9.90 Å². The molecule has 2 aromatic rings. The molecular weight excluding hydrogens is 214 g/mol. The summed E-state index contributed by atoms with van der Waals surface area (Å²) in [6.45, 7) is 3.90. The number of hydrogen-bond donors (Lipinski definition) is 2. The molecule has 0 aliphatic carbocycles. The lowest BCUT2D eigenvalue weighted by molar-refractivity contribution is -0.143. The number of para-hydroxylation sites is 1. The molecule has 0 saturated carbocycles. The van der Waals surface area contributed by atoms with Gasteiger partial charge in [-0.2, -0.15) is 0 Å². The minimum atomic E-state index is -0.717. The van der Waals surface area contributed by atoms with Gasteiger partial charge in [0, 0.05) is 17.1 Å². The summed E-state index contributed by atoms with van der Waals surface area (Å²) in [5.41, 5.74) is 2.15. The number of hydrogen-bond acceptors (Lipinski definition) is 1. The van der Waals surface area contributed by atoms with Crippen molar-refractivity contribution >= 4 is 16.9 Å². The van der Waals surface area contributed by atoms with Crippen LogP contribution in [0.3, 0.4) is 0 Å². The molecule has 1 atom stereocenters. The molecule has 1 aromatic heterocycles. The van der Waals surface area contributed by atoms with E-state index < -0.39 is 5.97 Å². The summed E-state index contributed by atoms with van der Waals surface area (Å²) < 4.78 is 0. The first-order valence-electron chi connectivity index (χ1n) is 5.87. The number of benzene rings is 1. The van der Waals surface area contributed by atoms with Crippen LogP contribution in [0.2, 0.25) is 0 Å². The highest BCUT2D eigenvalue weighted by atomic mass is 16.4. The van der Waals surface area contributed by atoms with Crippen LogP contribution in [0.5, 0.6) is 0 Å². The second kappa shape index (κ2) is 4.62. The van der Waals surface area contributed by atoms with Crippen molar-refractivity contribution in [2.75, 3.05) is 0 Å². The van der Waals surface area contributed by atoms with E-state index in [4.69, 9.17) is 0 Å². The predicted octanol–water partition coefficient (Wildman–Crippen LogP) is 3.07. The van der Waals surface area contributed by atoms with Gasteiger partial charge in [0.1, 0.15) is 0 Å². The van der Waals surface area contributed by atoms with Crippen molar-refractivity contribution in [3.8, 4) is 0 Å². The molecule has 3 nitrogen and oxygen atoms in total. The maximum atomic E-state index is 11.2. The molecule has 0 fully saturated rings. The second-order valence-electron chi connectivity index (χ2n) is 4.75. The van der Waals surface area contributed by atoms with E-state index in [1.165, 1.54) is 0 Å². The summed E-state index contributed by atoms with van der Waals surface area (Å²) in [6.07, 6.45) is 2.50. The molecule has 0 saturated heterocycles. The van der Waals surface area contributed by atoms with Gasteiger partial charge in [0.15, 0.2) is 0 Å². The van der Waals surface area contributed by atoms with Crippen LogP contribution in [0.4, 0.5) is 0 Å². The molecule has 1 aromatic carbocycles.